The Bertz CT molecular complexity index is 548. The molecule has 1 atom stereocenters. The number of rotatable bonds is 5. The van der Waals surface area contributed by atoms with Gasteiger partial charge in [0.2, 0.25) is 0 Å². The van der Waals surface area contributed by atoms with Gasteiger partial charge in [0.05, 0.1) is 6.54 Å². The van der Waals surface area contributed by atoms with Gasteiger partial charge in [0, 0.05) is 6.04 Å². The first-order valence-corrected chi connectivity index (χ1v) is 7.32. The van der Waals surface area contributed by atoms with Gasteiger partial charge in [-0.2, -0.15) is 0 Å². The molecule has 0 spiro atoms. The highest BCUT2D eigenvalue weighted by molar-refractivity contribution is 7.11. The minimum atomic E-state index is -0.182. The lowest BCUT2D eigenvalue weighted by molar-refractivity contribution is 0.477. The van der Waals surface area contributed by atoms with Gasteiger partial charge in [0.1, 0.15) is 15.8 Å². The van der Waals surface area contributed by atoms with E-state index < -0.39 is 0 Å². The normalized spacial score (nSPS) is 16.5. The van der Waals surface area contributed by atoms with E-state index in [4.69, 9.17) is 0 Å². The molecule has 0 radical (unpaired) electrons. The zero-order chi connectivity index (χ0) is 13.2. The van der Waals surface area contributed by atoms with E-state index in [9.17, 15) is 4.39 Å². The van der Waals surface area contributed by atoms with Crippen LogP contribution in [-0.4, -0.2) is 10.2 Å². The average Bonchev–Trinajstić information content (AvgIpc) is 3.15. The summed E-state index contributed by atoms with van der Waals surface area (Å²) in [5, 5.41) is 13.7. The molecule has 0 unspecified atom stereocenters. The van der Waals surface area contributed by atoms with Crippen LogP contribution in [-0.2, 0) is 6.54 Å². The number of nitrogens with one attached hydrogen (secondary N) is 1. The molecule has 0 bridgehead atoms. The Morgan fingerprint density at radius 1 is 1.32 bits per heavy atom. The van der Waals surface area contributed by atoms with E-state index in [1.807, 2.05) is 19.1 Å². The summed E-state index contributed by atoms with van der Waals surface area (Å²) < 4.78 is 13.0. The molecular weight excluding hydrogens is 261 g/mol. The SMILES string of the molecule is Cc1nnc(CN[C@@H](c2ccc(F)cc2)C2CC2)s1. The highest BCUT2D eigenvalue weighted by Gasteiger charge is 2.32. The van der Waals surface area contributed by atoms with Crippen molar-refractivity contribution in [2.75, 3.05) is 0 Å². The predicted molar refractivity (Wildman–Crippen MR) is 73.4 cm³/mol. The second kappa shape index (κ2) is 5.35. The first-order valence-electron chi connectivity index (χ1n) is 6.50. The van der Waals surface area contributed by atoms with Crippen LogP contribution in [0.2, 0.25) is 0 Å². The lowest BCUT2D eigenvalue weighted by Gasteiger charge is -2.18. The Kier molecular flexibility index (Phi) is 3.57. The molecule has 3 nitrogen and oxygen atoms in total. The van der Waals surface area contributed by atoms with Gasteiger partial charge in [-0.05, 0) is 43.4 Å². The summed E-state index contributed by atoms with van der Waals surface area (Å²) in [5.74, 6) is 0.484. The molecule has 0 saturated heterocycles. The molecule has 0 amide bonds. The quantitative estimate of drug-likeness (QED) is 0.912. The summed E-state index contributed by atoms with van der Waals surface area (Å²) >= 11 is 1.61. The fourth-order valence-electron chi connectivity index (χ4n) is 2.26. The molecular formula is C14H16FN3S. The van der Waals surface area contributed by atoms with Gasteiger partial charge < -0.3 is 5.32 Å². The zero-order valence-corrected chi connectivity index (χ0v) is 11.6. The van der Waals surface area contributed by atoms with E-state index in [1.54, 1.807) is 11.3 Å². The molecule has 1 heterocycles. The maximum absolute atomic E-state index is 13.0. The molecule has 3 rings (SSSR count). The van der Waals surface area contributed by atoms with Crippen LogP contribution in [0.15, 0.2) is 24.3 Å². The van der Waals surface area contributed by atoms with Crippen LogP contribution in [0.1, 0.15) is 34.5 Å². The molecule has 1 saturated carbocycles. The number of aromatic nitrogens is 2. The van der Waals surface area contributed by atoms with E-state index in [-0.39, 0.29) is 5.82 Å². The number of benzene rings is 1. The molecule has 1 fully saturated rings. The van der Waals surface area contributed by atoms with Crippen molar-refractivity contribution < 1.29 is 4.39 Å². The average molecular weight is 277 g/mol. The highest BCUT2D eigenvalue weighted by Crippen LogP contribution is 2.41. The summed E-state index contributed by atoms with van der Waals surface area (Å²) in [5.41, 5.74) is 1.16. The fourth-order valence-corrected chi connectivity index (χ4v) is 2.92. The minimum absolute atomic E-state index is 0.182. The molecule has 0 aliphatic heterocycles. The van der Waals surface area contributed by atoms with Crippen molar-refractivity contribution in [2.24, 2.45) is 5.92 Å². The van der Waals surface area contributed by atoms with E-state index in [1.165, 1.54) is 25.0 Å². The maximum atomic E-state index is 13.0. The van der Waals surface area contributed by atoms with Crippen molar-refractivity contribution >= 4 is 11.3 Å². The molecule has 1 aliphatic carbocycles. The Balaban J connectivity index is 1.69. The Hall–Kier alpha value is -1.33. The van der Waals surface area contributed by atoms with Gasteiger partial charge in [-0.1, -0.05) is 12.1 Å². The summed E-state index contributed by atoms with van der Waals surface area (Å²) in [6.45, 7) is 2.68. The van der Waals surface area contributed by atoms with Gasteiger partial charge in [-0.3, -0.25) is 0 Å². The molecule has 1 N–H and O–H groups in total. The summed E-state index contributed by atoms with van der Waals surface area (Å²) in [7, 11) is 0. The van der Waals surface area contributed by atoms with Crippen LogP contribution in [0.4, 0.5) is 4.39 Å². The lowest BCUT2D eigenvalue weighted by Crippen LogP contribution is -2.22. The van der Waals surface area contributed by atoms with Crippen molar-refractivity contribution in [1.29, 1.82) is 0 Å². The smallest absolute Gasteiger partial charge is 0.131 e. The molecule has 1 aromatic carbocycles. The third-order valence-electron chi connectivity index (χ3n) is 3.36. The van der Waals surface area contributed by atoms with Crippen LogP contribution in [0.25, 0.3) is 0 Å². The van der Waals surface area contributed by atoms with Gasteiger partial charge in [0.25, 0.3) is 0 Å². The van der Waals surface area contributed by atoms with Crippen molar-refractivity contribution in [3.8, 4) is 0 Å². The second-order valence-electron chi connectivity index (χ2n) is 4.96. The van der Waals surface area contributed by atoms with E-state index >= 15 is 0 Å². The number of hydrogen-bond acceptors (Lipinski definition) is 4. The molecule has 19 heavy (non-hydrogen) atoms. The van der Waals surface area contributed by atoms with Crippen molar-refractivity contribution in [2.45, 2.75) is 32.4 Å². The van der Waals surface area contributed by atoms with Gasteiger partial charge in [-0.25, -0.2) is 4.39 Å². The van der Waals surface area contributed by atoms with Crippen LogP contribution in [0.3, 0.4) is 0 Å². The Morgan fingerprint density at radius 2 is 2.05 bits per heavy atom. The van der Waals surface area contributed by atoms with E-state index in [2.05, 4.69) is 15.5 Å². The standard InChI is InChI=1S/C14H16FN3S/c1-9-17-18-13(19-9)8-16-14(10-2-3-10)11-4-6-12(15)7-5-11/h4-7,10,14,16H,2-3,8H2,1H3/t14-/m1/s1. The van der Waals surface area contributed by atoms with Crippen LogP contribution >= 0.6 is 11.3 Å². The number of aryl methyl sites for hydroxylation is 1. The number of nitrogens with zero attached hydrogens (tertiary/aromatic N) is 2. The number of hydrogen-bond donors (Lipinski definition) is 1. The topological polar surface area (TPSA) is 37.8 Å². The van der Waals surface area contributed by atoms with E-state index in [0.29, 0.717) is 12.0 Å². The third kappa shape index (κ3) is 3.16. The van der Waals surface area contributed by atoms with Crippen LogP contribution in [0, 0.1) is 18.7 Å². The van der Waals surface area contributed by atoms with Gasteiger partial charge >= 0.3 is 0 Å². The Morgan fingerprint density at radius 3 is 2.63 bits per heavy atom. The van der Waals surface area contributed by atoms with E-state index in [0.717, 1.165) is 22.1 Å². The summed E-state index contributed by atoms with van der Waals surface area (Å²) in [4.78, 5) is 0. The monoisotopic (exact) mass is 277 g/mol. The summed E-state index contributed by atoms with van der Waals surface area (Å²) in [6.07, 6.45) is 2.48. The summed E-state index contributed by atoms with van der Waals surface area (Å²) in [6, 6.07) is 7.10. The Labute approximate surface area is 115 Å². The lowest BCUT2D eigenvalue weighted by atomic mass is 10.0. The predicted octanol–water partition coefficient (Wildman–Crippen LogP) is 3.23. The first-order chi connectivity index (χ1) is 9.22. The fraction of sp³-hybridized carbons (Fsp3) is 0.429. The largest absolute Gasteiger partial charge is 0.303 e. The van der Waals surface area contributed by atoms with Crippen LogP contribution < -0.4 is 5.32 Å². The van der Waals surface area contributed by atoms with Gasteiger partial charge in [0.15, 0.2) is 0 Å². The maximum Gasteiger partial charge on any atom is 0.131 e. The minimum Gasteiger partial charge on any atom is -0.303 e. The molecule has 100 valence electrons. The highest BCUT2D eigenvalue weighted by atomic mass is 32.1. The molecule has 1 aliphatic rings. The molecule has 2 aromatic rings. The van der Waals surface area contributed by atoms with Gasteiger partial charge in [-0.15, -0.1) is 21.5 Å². The third-order valence-corrected chi connectivity index (χ3v) is 4.20. The van der Waals surface area contributed by atoms with Crippen molar-refractivity contribution in [3.05, 3.63) is 45.7 Å². The molecule has 5 heteroatoms. The van der Waals surface area contributed by atoms with Crippen molar-refractivity contribution in [3.63, 3.8) is 0 Å². The number of halogens is 1. The van der Waals surface area contributed by atoms with Crippen molar-refractivity contribution in [1.82, 2.24) is 15.5 Å². The first kappa shape index (κ1) is 12.7. The van der Waals surface area contributed by atoms with Crippen LogP contribution in [0.5, 0.6) is 0 Å². The second-order valence-corrected chi connectivity index (χ2v) is 6.23. The zero-order valence-electron chi connectivity index (χ0n) is 10.8. The molecule has 1 aromatic heterocycles.